The lowest BCUT2D eigenvalue weighted by Gasteiger charge is -2.26. The Morgan fingerprint density at radius 1 is 1.46 bits per heavy atom. The third-order valence-corrected chi connectivity index (χ3v) is 3.26. The minimum Gasteiger partial charge on any atom is -0.458 e. The Morgan fingerprint density at radius 2 is 2.08 bits per heavy atom. The number of esters is 1. The molecule has 0 bridgehead atoms. The molecule has 1 heterocycles. The molecule has 1 spiro atoms. The Bertz CT molecular complexity index is 251. The van der Waals surface area contributed by atoms with Crippen molar-refractivity contribution in [2.75, 3.05) is 0 Å². The van der Waals surface area contributed by atoms with Gasteiger partial charge in [0.2, 0.25) is 0 Å². The van der Waals surface area contributed by atoms with Gasteiger partial charge in [-0.25, -0.2) is 0 Å². The molecule has 0 N–H and O–H groups in total. The number of Topliss-reactive ketones (excluding diaryl/α,β-unsaturated/α-hetero) is 1. The van der Waals surface area contributed by atoms with Crippen molar-refractivity contribution in [3.05, 3.63) is 0 Å². The smallest absolute Gasteiger partial charge is 0.307 e. The van der Waals surface area contributed by atoms with Gasteiger partial charge in [0.25, 0.3) is 0 Å². The second-order valence-corrected chi connectivity index (χ2v) is 4.11. The molecule has 1 aliphatic heterocycles. The maximum absolute atomic E-state index is 11.3. The zero-order valence-corrected chi connectivity index (χ0v) is 7.84. The van der Waals surface area contributed by atoms with Crippen LogP contribution in [0.5, 0.6) is 0 Å². The van der Waals surface area contributed by atoms with Crippen LogP contribution in [0.1, 0.15) is 39.0 Å². The zero-order valence-electron chi connectivity index (χ0n) is 7.84. The first kappa shape index (κ1) is 8.73. The van der Waals surface area contributed by atoms with Crippen LogP contribution in [-0.4, -0.2) is 17.4 Å². The van der Waals surface area contributed by atoms with E-state index in [2.05, 4.69) is 0 Å². The van der Waals surface area contributed by atoms with E-state index in [-0.39, 0.29) is 17.7 Å². The summed E-state index contributed by atoms with van der Waals surface area (Å²) in [5.41, 5.74) is -0.400. The van der Waals surface area contributed by atoms with Crippen molar-refractivity contribution in [1.82, 2.24) is 0 Å². The van der Waals surface area contributed by atoms with E-state index in [9.17, 15) is 9.59 Å². The van der Waals surface area contributed by atoms with E-state index in [1.165, 1.54) is 0 Å². The van der Waals surface area contributed by atoms with Gasteiger partial charge in [-0.2, -0.15) is 0 Å². The van der Waals surface area contributed by atoms with E-state index in [1.807, 2.05) is 0 Å². The van der Waals surface area contributed by atoms with Gasteiger partial charge in [-0.3, -0.25) is 9.59 Å². The summed E-state index contributed by atoms with van der Waals surface area (Å²) < 4.78 is 5.32. The monoisotopic (exact) mass is 182 g/mol. The van der Waals surface area contributed by atoms with E-state index < -0.39 is 5.60 Å². The summed E-state index contributed by atoms with van der Waals surface area (Å²) in [6, 6.07) is 0. The second-order valence-electron chi connectivity index (χ2n) is 4.11. The Kier molecular flexibility index (Phi) is 1.90. The van der Waals surface area contributed by atoms with Crippen LogP contribution in [0, 0.1) is 5.92 Å². The molecular weight excluding hydrogens is 168 g/mol. The van der Waals surface area contributed by atoms with Crippen LogP contribution in [0.25, 0.3) is 0 Å². The van der Waals surface area contributed by atoms with Gasteiger partial charge in [-0.15, -0.1) is 0 Å². The molecule has 1 atom stereocenters. The highest BCUT2D eigenvalue weighted by atomic mass is 16.6. The van der Waals surface area contributed by atoms with Crippen LogP contribution in [0.2, 0.25) is 0 Å². The van der Waals surface area contributed by atoms with Crippen LogP contribution in [-0.2, 0) is 14.3 Å². The van der Waals surface area contributed by atoms with Gasteiger partial charge in [0, 0.05) is 0 Å². The molecule has 72 valence electrons. The molecule has 2 fully saturated rings. The molecule has 0 aromatic carbocycles. The number of hydrogen-bond acceptors (Lipinski definition) is 3. The minimum absolute atomic E-state index is 0.104. The van der Waals surface area contributed by atoms with E-state index >= 15 is 0 Å². The molecule has 3 heteroatoms. The number of ether oxygens (including phenoxy) is 1. The van der Waals surface area contributed by atoms with Crippen LogP contribution in [0.15, 0.2) is 0 Å². The number of rotatable bonds is 1. The highest BCUT2D eigenvalue weighted by molar-refractivity contribution is 5.87. The molecule has 1 saturated heterocycles. The molecule has 2 rings (SSSR count). The standard InChI is InChI=1S/C10H14O3/c1-7(11)8-6-9(12)13-10(8)4-2-3-5-10/h8H,2-6H2,1H3. The van der Waals surface area contributed by atoms with Crippen LogP contribution in [0.3, 0.4) is 0 Å². The van der Waals surface area contributed by atoms with Crippen molar-refractivity contribution >= 4 is 11.8 Å². The molecule has 0 aromatic rings. The maximum atomic E-state index is 11.3. The predicted octanol–water partition coefficient (Wildman–Crippen LogP) is 1.45. The maximum Gasteiger partial charge on any atom is 0.307 e. The van der Waals surface area contributed by atoms with Crippen LogP contribution < -0.4 is 0 Å². The van der Waals surface area contributed by atoms with Gasteiger partial charge >= 0.3 is 5.97 Å². The number of carbonyl (C=O) groups excluding carboxylic acids is 2. The fraction of sp³-hybridized carbons (Fsp3) is 0.800. The number of hydrogen-bond donors (Lipinski definition) is 0. The highest BCUT2D eigenvalue weighted by Crippen LogP contribution is 2.45. The van der Waals surface area contributed by atoms with E-state index in [4.69, 9.17) is 4.74 Å². The molecule has 1 saturated carbocycles. The van der Waals surface area contributed by atoms with Crippen LogP contribution in [0.4, 0.5) is 0 Å². The summed E-state index contributed by atoms with van der Waals surface area (Å²) in [7, 11) is 0. The highest BCUT2D eigenvalue weighted by Gasteiger charge is 2.52. The van der Waals surface area contributed by atoms with Crippen molar-refractivity contribution in [3.8, 4) is 0 Å². The molecule has 0 amide bonds. The van der Waals surface area contributed by atoms with E-state index in [1.54, 1.807) is 6.92 Å². The van der Waals surface area contributed by atoms with Gasteiger partial charge in [0.1, 0.15) is 11.4 Å². The van der Waals surface area contributed by atoms with Crippen molar-refractivity contribution in [2.45, 2.75) is 44.6 Å². The lowest BCUT2D eigenvalue weighted by atomic mass is 9.83. The summed E-state index contributed by atoms with van der Waals surface area (Å²) in [5, 5.41) is 0. The van der Waals surface area contributed by atoms with Crippen molar-refractivity contribution in [2.24, 2.45) is 5.92 Å². The average Bonchev–Trinajstić information content (AvgIpc) is 2.60. The largest absolute Gasteiger partial charge is 0.458 e. The molecule has 0 radical (unpaired) electrons. The number of carbonyl (C=O) groups is 2. The molecule has 13 heavy (non-hydrogen) atoms. The summed E-state index contributed by atoms with van der Waals surface area (Å²) >= 11 is 0. The van der Waals surface area contributed by atoms with Crippen molar-refractivity contribution in [1.29, 1.82) is 0 Å². The van der Waals surface area contributed by atoms with Gasteiger partial charge in [-0.1, -0.05) is 0 Å². The minimum atomic E-state index is -0.400. The molecular formula is C10H14O3. The van der Waals surface area contributed by atoms with Crippen LogP contribution >= 0.6 is 0 Å². The number of ketones is 1. The first-order valence-corrected chi connectivity index (χ1v) is 4.86. The van der Waals surface area contributed by atoms with Crippen molar-refractivity contribution < 1.29 is 14.3 Å². The second kappa shape index (κ2) is 2.82. The fourth-order valence-corrected chi connectivity index (χ4v) is 2.63. The van der Waals surface area contributed by atoms with Gasteiger partial charge in [0.05, 0.1) is 12.3 Å². The fourth-order valence-electron chi connectivity index (χ4n) is 2.63. The molecule has 1 aliphatic carbocycles. The molecule has 1 unspecified atom stereocenters. The Balaban J connectivity index is 2.25. The summed E-state index contributed by atoms with van der Waals surface area (Å²) in [6.45, 7) is 1.56. The SMILES string of the molecule is CC(=O)C1CC(=O)OC12CCCC2. The Morgan fingerprint density at radius 3 is 2.62 bits per heavy atom. The van der Waals surface area contributed by atoms with E-state index in [0.29, 0.717) is 6.42 Å². The lowest BCUT2D eigenvalue weighted by Crippen LogP contribution is -2.35. The van der Waals surface area contributed by atoms with Gasteiger partial charge in [-0.05, 0) is 32.6 Å². The normalized spacial score (nSPS) is 30.8. The molecule has 2 aliphatic rings. The first-order chi connectivity index (χ1) is 6.14. The molecule has 3 nitrogen and oxygen atoms in total. The Hall–Kier alpha value is -0.860. The first-order valence-electron chi connectivity index (χ1n) is 4.86. The third kappa shape index (κ3) is 1.26. The molecule has 0 aromatic heterocycles. The lowest BCUT2D eigenvalue weighted by molar-refractivity contribution is -0.149. The van der Waals surface area contributed by atoms with Crippen molar-refractivity contribution in [3.63, 3.8) is 0 Å². The zero-order chi connectivity index (χ0) is 9.47. The summed E-state index contributed by atoms with van der Waals surface area (Å²) in [6.07, 6.45) is 4.22. The Labute approximate surface area is 77.4 Å². The quantitative estimate of drug-likeness (QED) is 0.576. The average molecular weight is 182 g/mol. The third-order valence-electron chi connectivity index (χ3n) is 3.26. The van der Waals surface area contributed by atoms with Gasteiger partial charge in [0.15, 0.2) is 0 Å². The predicted molar refractivity (Wildman–Crippen MR) is 46.1 cm³/mol. The summed E-state index contributed by atoms with van der Waals surface area (Å²) in [4.78, 5) is 22.5. The summed E-state index contributed by atoms with van der Waals surface area (Å²) in [5.74, 6) is -0.252. The van der Waals surface area contributed by atoms with E-state index in [0.717, 1.165) is 25.7 Å². The topological polar surface area (TPSA) is 43.4 Å². The van der Waals surface area contributed by atoms with Gasteiger partial charge < -0.3 is 4.74 Å².